The van der Waals surface area contributed by atoms with Crippen molar-refractivity contribution in [3.05, 3.63) is 28.8 Å². The Morgan fingerprint density at radius 3 is 2.74 bits per heavy atom. The fraction of sp³-hybridized carbons (Fsp3) is 0.400. The number of carbonyl (C=O) groups is 3. The summed E-state index contributed by atoms with van der Waals surface area (Å²) in [6, 6.07) is 3.60. The van der Waals surface area contributed by atoms with Gasteiger partial charge in [0.05, 0.1) is 10.7 Å². The molecule has 0 aromatic heterocycles. The summed E-state index contributed by atoms with van der Waals surface area (Å²) in [7, 11) is 0. The molecular formula is C15H16ClN3O4. The SMILES string of the molecule is O=C(O)[C@@H]1CCCN1C(=O)c1ccc(Cl)c(N2CCNC2=O)c1. The van der Waals surface area contributed by atoms with Crippen LogP contribution in [0.15, 0.2) is 18.2 Å². The number of carboxylic acids is 1. The number of halogens is 1. The summed E-state index contributed by atoms with van der Waals surface area (Å²) < 4.78 is 0. The second kappa shape index (κ2) is 6.08. The molecule has 2 heterocycles. The van der Waals surface area contributed by atoms with Gasteiger partial charge in [0, 0.05) is 25.2 Å². The van der Waals surface area contributed by atoms with Crippen molar-refractivity contribution in [2.24, 2.45) is 0 Å². The number of hydrogen-bond acceptors (Lipinski definition) is 3. The molecule has 1 aromatic rings. The Labute approximate surface area is 137 Å². The van der Waals surface area contributed by atoms with Gasteiger partial charge in [-0.1, -0.05) is 11.6 Å². The van der Waals surface area contributed by atoms with Gasteiger partial charge in [0.1, 0.15) is 6.04 Å². The van der Waals surface area contributed by atoms with Gasteiger partial charge in [-0.25, -0.2) is 9.59 Å². The maximum absolute atomic E-state index is 12.6. The Morgan fingerprint density at radius 2 is 2.09 bits per heavy atom. The lowest BCUT2D eigenvalue weighted by Crippen LogP contribution is -2.40. The molecule has 2 aliphatic heterocycles. The van der Waals surface area contributed by atoms with Crippen molar-refractivity contribution >= 4 is 35.2 Å². The van der Waals surface area contributed by atoms with E-state index in [0.29, 0.717) is 48.7 Å². The van der Waals surface area contributed by atoms with Gasteiger partial charge in [-0.2, -0.15) is 0 Å². The molecule has 1 aromatic carbocycles. The number of anilines is 1. The van der Waals surface area contributed by atoms with Gasteiger partial charge in [0.25, 0.3) is 5.91 Å². The summed E-state index contributed by atoms with van der Waals surface area (Å²) in [4.78, 5) is 38.5. The van der Waals surface area contributed by atoms with E-state index in [0.717, 1.165) is 0 Å². The van der Waals surface area contributed by atoms with E-state index in [2.05, 4.69) is 5.32 Å². The van der Waals surface area contributed by atoms with Crippen LogP contribution < -0.4 is 10.2 Å². The van der Waals surface area contributed by atoms with Crippen LogP contribution in [-0.4, -0.2) is 53.6 Å². The van der Waals surface area contributed by atoms with Gasteiger partial charge >= 0.3 is 12.0 Å². The third kappa shape index (κ3) is 2.84. The molecule has 2 aliphatic rings. The molecule has 1 atom stereocenters. The highest BCUT2D eigenvalue weighted by Gasteiger charge is 2.35. The van der Waals surface area contributed by atoms with Crippen molar-refractivity contribution in [2.45, 2.75) is 18.9 Å². The smallest absolute Gasteiger partial charge is 0.326 e. The van der Waals surface area contributed by atoms with Gasteiger partial charge in [-0.15, -0.1) is 0 Å². The number of urea groups is 1. The number of likely N-dealkylation sites (tertiary alicyclic amines) is 1. The van der Waals surface area contributed by atoms with Crippen LogP contribution in [0.4, 0.5) is 10.5 Å². The zero-order chi connectivity index (χ0) is 16.6. The summed E-state index contributed by atoms with van der Waals surface area (Å²) in [5.74, 6) is -1.35. The van der Waals surface area contributed by atoms with Crippen molar-refractivity contribution in [2.75, 3.05) is 24.5 Å². The molecule has 0 unspecified atom stereocenters. The first-order valence-electron chi connectivity index (χ1n) is 7.37. The first kappa shape index (κ1) is 15.6. The molecule has 7 nitrogen and oxygen atoms in total. The zero-order valence-corrected chi connectivity index (χ0v) is 13.0. The van der Waals surface area contributed by atoms with Crippen LogP contribution in [0.1, 0.15) is 23.2 Å². The number of carbonyl (C=O) groups excluding carboxylic acids is 2. The second-order valence-corrected chi connectivity index (χ2v) is 5.95. The lowest BCUT2D eigenvalue weighted by atomic mass is 10.1. The van der Waals surface area contributed by atoms with E-state index in [1.807, 2.05) is 0 Å². The third-order valence-corrected chi connectivity index (χ3v) is 4.46. The Kier molecular flexibility index (Phi) is 4.12. The zero-order valence-electron chi connectivity index (χ0n) is 12.3. The molecule has 0 saturated carbocycles. The predicted molar refractivity (Wildman–Crippen MR) is 83.9 cm³/mol. The number of hydrogen-bond donors (Lipinski definition) is 2. The molecule has 8 heteroatoms. The number of nitrogens with zero attached hydrogens (tertiary/aromatic N) is 2. The minimum Gasteiger partial charge on any atom is -0.480 e. The number of rotatable bonds is 3. The molecule has 0 bridgehead atoms. The van der Waals surface area contributed by atoms with E-state index in [1.54, 1.807) is 18.2 Å². The number of nitrogens with one attached hydrogen (secondary N) is 1. The molecule has 2 fully saturated rings. The fourth-order valence-corrected chi connectivity index (χ4v) is 3.21. The minimum atomic E-state index is -0.996. The highest BCUT2D eigenvalue weighted by Crippen LogP contribution is 2.30. The van der Waals surface area contributed by atoms with Crippen molar-refractivity contribution in [1.29, 1.82) is 0 Å². The number of aliphatic carboxylic acids is 1. The van der Waals surface area contributed by atoms with Crippen LogP contribution >= 0.6 is 11.6 Å². The van der Waals surface area contributed by atoms with Gasteiger partial charge in [-0.05, 0) is 31.0 Å². The molecule has 23 heavy (non-hydrogen) atoms. The van der Waals surface area contributed by atoms with Crippen LogP contribution in [0, 0.1) is 0 Å². The first-order valence-corrected chi connectivity index (χ1v) is 7.75. The molecule has 122 valence electrons. The van der Waals surface area contributed by atoms with E-state index >= 15 is 0 Å². The monoisotopic (exact) mass is 337 g/mol. The largest absolute Gasteiger partial charge is 0.480 e. The average molecular weight is 338 g/mol. The van der Waals surface area contributed by atoms with Crippen molar-refractivity contribution in [3.63, 3.8) is 0 Å². The predicted octanol–water partition coefficient (Wildman–Crippen LogP) is 1.56. The Hall–Kier alpha value is -2.28. The second-order valence-electron chi connectivity index (χ2n) is 5.54. The van der Waals surface area contributed by atoms with E-state index < -0.39 is 12.0 Å². The molecule has 0 radical (unpaired) electrons. The topological polar surface area (TPSA) is 89.9 Å². The summed E-state index contributed by atoms with van der Waals surface area (Å²) in [6.07, 6.45) is 1.12. The highest BCUT2D eigenvalue weighted by atomic mass is 35.5. The quantitative estimate of drug-likeness (QED) is 0.875. The van der Waals surface area contributed by atoms with Gasteiger partial charge < -0.3 is 15.3 Å². The van der Waals surface area contributed by atoms with Gasteiger partial charge in [0.2, 0.25) is 0 Å². The Bertz CT molecular complexity index is 679. The normalized spacial score (nSPS) is 20.7. The lowest BCUT2D eigenvalue weighted by Gasteiger charge is -2.23. The molecule has 3 amide bonds. The maximum atomic E-state index is 12.6. The van der Waals surface area contributed by atoms with Crippen LogP contribution in [-0.2, 0) is 4.79 Å². The van der Waals surface area contributed by atoms with Crippen molar-refractivity contribution in [1.82, 2.24) is 10.2 Å². The van der Waals surface area contributed by atoms with E-state index in [9.17, 15) is 19.5 Å². The summed E-state index contributed by atoms with van der Waals surface area (Å²) in [5, 5.41) is 12.3. The number of amides is 3. The molecular weight excluding hydrogens is 322 g/mol. The van der Waals surface area contributed by atoms with Gasteiger partial charge in [0.15, 0.2) is 0 Å². The van der Waals surface area contributed by atoms with Crippen molar-refractivity contribution in [3.8, 4) is 0 Å². The van der Waals surface area contributed by atoms with Crippen molar-refractivity contribution < 1.29 is 19.5 Å². The highest BCUT2D eigenvalue weighted by molar-refractivity contribution is 6.34. The lowest BCUT2D eigenvalue weighted by molar-refractivity contribution is -0.141. The Balaban J connectivity index is 1.90. The van der Waals surface area contributed by atoms with Crippen LogP contribution in [0.2, 0.25) is 5.02 Å². The van der Waals surface area contributed by atoms with Crippen LogP contribution in [0.5, 0.6) is 0 Å². The van der Waals surface area contributed by atoms with Crippen LogP contribution in [0.25, 0.3) is 0 Å². The average Bonchev–Trinajstić information content (AvgIpc) is 3.16. The van der Waals surface area contributed by atoms with Crippen LogP contribution in [0.3, 0.4) is 0 Å². The van der Waals surface area contributed by atoms with E-state index in [-0.39, 0.29) is 11.9 Å². The maximum Gasteiger partial charge on any atom is 0.326 e. The summed E-state index contributed by atoms with van der Waals surface area (Å²) >= 11 is 6.14. The summed E-state index contributed by atoms with van der Waals surface area (Å²) in [5.41, 5.74) is 0.788. The summed E-state index contributed by atoms with van der Waals surface area (Å²) in [6.45, 7) is 1.40. The van der Waals surface area contributed by atoms with Gasteiger partial charge in [-0.3, -0.25) is 9.69 Å². The first-order chi connectivity index (χ1) is 11.0. The standard InChI is InChI=1S/C15H16ClN3O4/c16-10-4-3-9(8-12(10)19-7-5-17-15(19)23)13(20)18-6-1-2-11(18)14(21)22/h3-4,8,11H,1-2,5-7H2,(H,17,23)(H,21,22)/t11-/m0/s1. The molecule has 0 aliphatic carbocycles. The fourth-order valence-electron chi connectivity index (χ4n) is 2.99. The minimum absolute atomic E-state index is 0.263. The number of carboxylic acid groups (broad SMARTS) is 1. The molecule has 2 N–H and O–H groups in total. The Morgan fingerprint density at radius 1 is 1.30 bits per heavy atom. The third-order valence-electron chi connectivity index (χ3n) is 4.14. The number of benzene rings is 1. The molecule has 2 saturated heterocycles. The molecule has 0 spiro atoms. The van der Waals surface area contributed by atoms with E-state index in [4.69, 9.17) is 11.6 Å². The molecule has 3 rings (SSSR count). The van der Waals surface area contributed by atoms with E-state index in [1.165, 1.54) is 9.80 Å².